The zero-order valence-corrected chi connectivity index (χ0v) is 12.4. The number of aryl methyl sites for hydroxylation is 2. The summed E-state index contributed by atoms with van der Waals surface area (Å²) in [7, 11) is 2.23. The monoisotopic (exact) mass is 262 g/mol. The number of likely N-dealkylation sites (N-methyl/N-ethyl adjacent to an activating group) is 1. The maximum atomic E-state index is 5.58. The van der Waals surface area contributed by atoms with Gasteiger partial charge in [0, 0.05) is 25.7 Å². The van der Waals surface area contributed by atoms with E-state index in [1.165, 1.54) is 17.5 Å². The van der Waals surface area contributed by atoms with Crippen LogP contribution in [0.1, 0.15) is 24.5 Å². The number of hydrogen-bond donors (Lipinski definition) is 1. The molecule has 0 bridgehead atoms. The maximum absolute atomic E-state index is 5.58. The van der Waals surface area contributed by atoms with Gasteiger partial charge in [-0.25, -0.2) is 0 Å². The van der Waals surface area contributed by atoms with Crippen molar-refractivity contribution in [1.29, 1.82) is 0 Å². The van der Waals surface area contributed by atoms with E-state index in [1.807, 2.05) is 6.92 Å². The van der Waals surface area contributed by atoms with Crippen LogP contribution in [0, 0.1) is 6.92 Å². The van der Waals surface area contributed by atoms with Crippen LogP contribution >= 0.6 is 0 Å². The van der Waals surface area contributed by atoms with Crippen LogP contribution in [0.15, 0.2) is 18.2 Å². The molecule has 1 unspecified atom stereocenters. The molecule has 1 aliphatic heterocycles. The quantitative estimate of drug-likeness (QED) is 0.880. The summed E-state index contributed by atoms with van der Waals surface area (Å²) in [6.45, 7) is 8.29. The van der Waals surface area contributed by atoms with Gasteiger partial charge < -0.3 is 15.0 Å². The van der Waals surface area contributed by atoms with Crippen molar-refractivity contribution in [3.63, 3.8) is 0 Å². The molecule has 0 spiro atoms. The number of nitrogens with one attached hydrogen (secondary N) is 1. The third-order valence-electron chi connectivity index (χ3n) is 3.95. The third-order valence-corrected chi connectivity index (χ3v) is 3.95. The number of ether oxygens (including phenoxy) is 1. The molecule has 2 rings (SSSR count). The summed E-state index contributed by atoms with van der Waals surface area (Å²) in [5.41, 5.74) is 2.66. The van der Waals surface area contributed by atoms with Crippen LogP contribution in [0.5, 0.6) is 5.75 Å². The summed E-state index contributed by atoms with van der Waals surface area (Å²) in [5, 5.41) is 3.48. The smallest absolute Gasteiger partial charge is 0.122 e. The molecular formula is C16H26N2O. The molecule has 3 heteroatoms. The number of rotatable bonds is 5. The summed E-state index contributed by atoms with van der Waals surface area (Å²) in [4.78, 5) is 2.47. The molecule has 0 radical (unpaired) electrons. The van der Waals surface area contributed by atoms with Gasteiger partial charge in [0.25, 0.3) is 0 Å². The fourth-order valence-corrected chi connectivity index (χ4v) is 2.70. The van der Waals surface area contributed by atoms with Gasteiger partial charge >= 0.3 is 0 Å². The van der Waals surface area contributed by atoms with E-state index in [2.05, 4.69) is 42.4 Å². The Kier molecular flexibility index (Phi) is 5.23. The topological polar surface area (TPSA) is 24.5 Å². The van der Waals surface area contributed by atoms with Crippen LogP contribution in [0.2, 0.25) is 0 Å². The van der Waals surface area contributed by atoms with Gasteiger partial charge in [-0.3, -0.25) is 0 Å². The lowest BCUT2D eigenvalue weighted by Crippen LogP contribution is -2.49. The second-order valence-electron chi connectivity index (χ2n) is 5.41. The molecule has 0 aromatic heterocycles. The van der Waals surface area contributed by atoms with Crippen molar-refractivity contribution in [3.8, 4) is 5.75 Å². The van der Waals surface area contributed by atoms with Gasteiger partial charge in [0.2, 0.25) is 0 Å². The van der Waals surface area contributed by atoms with Crippen LogP contribution < -0.4 is 10.1 Å². The van der Waals surface area contributed by atoms with Gasteiger partial charge in [-0.15, -0.1) is 0 Å². The van der Waals surface area contributed by atoms with Crippen LogP contribution in [0.25, 0.3) is 0 Å². The molecule has 0 aliphatic carbocycles. The van der Waals surface area contributed by atoms with E-state index >= 15 is 0 Å². The summed E-state index contributed by atoms with van der Waals surface area (Å²) in [5.74, 6) is 1.02. The van der Waals surface area contributed by atoms with E-state index in [4.69, 9.17) is 4.74 Å². The zero-order valence-electron chi connectivity index (χ0n) is 12.4. The second kappa shape index (κ2) is 6.92. The molecule has 1 atom stereocenters. The average Bonchev–Trinajstić information content (AvgIpc) is 2.41. The van der Waals surface area contributed by atoms with Crippen LogP contribution in [0.4, 0.5) is 0 Å². The molecule has 0 saturated carbocycles. The van der Waals surface area contributed by atoms with Gasteiger partial charge in [0.1, 0.15) is 5.75 Å². The molecule has 1 aliphatic rings. The molecule has 106 valence electrons. The van der Waals surface area contributed by atoms with Gasteiger partial charge in [0.15, 0.2) is 0 Å². The van der Waals surface area contributed by atoms with E-state index in [1.54, 1.807) is 0 Å². The standard InChI is InChI=1S/C16H26N2O/c1-4-19-16-8-6-14(11-13(16)2)5-7-15-12-17-9-10-18(15)3/h6,8,11,15,17H,4-5,7,9-10,12H2,1-3H3. The normalized spacial score (nSPS) is 20.5. The Morgan fingerprint density at radius 3 is 2.95 bits per heavy atom. The molecular weight excluding hydrogens is 236 g/mol. The van der Waals surface area contributed by atoms with Crippen molar-refractivity contribution in [2.45, 2.75) is 32.7 Å². The van der Waals surface area contributed by atoms with Gasteiger partial charge in [-0.1, -0.05) is 12.1 Å². The lowest BCUT2D eigenvalue weighted by molar-refractivity contribution is 0.191. The predicted octanol–water partition coefficient (Wildman–Crippen LogP) is 2.23. The Morgan fingerprint density at radius 2 is 2.26 bits per heavy atom. The van der Waals surface area contributed by atoms with Crippen LogP contribution in [0.3, 0.4) is 0 Å². The first-order valence-electron chi connectivity index (χ1n) is 7.34. The SMILES string of the molecule is CCOc1ccc(CCC2CNCCN2C)cc1C. The highest BCUT2D eigenvalue weighted by Gasteiger charge is 2.17. The highest BCUT2D eigenvalue weighted by atomic mass is 16.5. The number of hydrogen-bond acceptors (Lipinski definition) is 3. The van der Waals surface area contributed by atoms with Gasteiger partial charge in [0.05, 0.1) is 6.61 Å². The lowest BCUT2D eigenvalue weighted by Gasteiger charge is -2.33. The average molecular weight is 262 g/mol. The molecule has 1 aromatic rings. The largest absolute Gasteiger partial charge is 0.494 e. The molecule has 1 heterocycles. The predicted molar refractivity (Wildman–Crippen MR) is 80.0 cm³/mol. The Bertz CT molecular complexity index is 406. The Balaban J connectivity index is 1.90. The summed E-state index contributed by atoms with van der Waals surface area (Å²) in [6, 6.07) is 7.24. The third kappa shape index (κ3) is 3.95. The highest BCUT2D eigenvalue weighted by Crippen LogP contribution is 2.20. The minimum absolute atomic E-state index is 0.667. The zero-order chi connectivity index (χ0) is 13.7. The van der Waals surface area contributed by atoms with Crippen molar-refractivity contribution in [2.24, 2.45) is 0 Å². The molecule has 19 heavy (non-hydrogen) atoms. The first-order valence-corrected chi connectivity index (χ1v) is 7.34. The Labute approximate surface area is 116 Å². The fraction of sp³-hybridized carbons (Fsp3) is 0.625. The number of benzene rings is 1. The highest BCUT2D eigenvalue weighted by molar-refractivity contribution is 5.36. The van der Waals surface area contributed by atoms with Crippen molar-refractivity contribution < 1.29 is 4.74 Å². The van der Waals surface area contributed by atoms with Crippen molar-refractivity contribution in [1.82, 2.24) is 10.2 Å². The molecule has 1 aromatic carbocycles. The van der Waals surface area contributed by atoms with E-state index in [-0.39, 0.29) is 0 Å². The molecule has 1 N–H and O–H groups in total. The number of nitrogens with zero attached hydrogens (tertiary/aromatic N) is 1. The summed E-state index contributed by atoms with van der Waals surface area (Å²) in [6.07, 6.45) is 2.36. The van der Waals surface area contributed by atoms with E-state index in [9.17, 15) is 0 Å². The van der Waals surface area contributed by atoms with Gasteiger partial charge in [-0.2, -0.15) is 0 Å². The molecule has 0 amide bonds. The molecule has 1 saturated heterocycles. The molecule has 3 nitrogen and oxygen atoms in total. The number of piperazine rings is 1. The van der Waals surface area contributed by atoms with Gasteiger partial charge in [-0.05, 0) is 50.9 Å². The van der Waals surface area contributed by atoms with Crippen molar-refractivity contribution in [2.75, 3.05) is 33.3 Å². The van der Waals surface area contributed by atoms with E-state index in [0.29, 0.717) is 6.04 Å². The van der Waals surface area contributed by atoms with Crippen molar-refractivity contribution in [3.05, 3.63) is 29.3 Å². The van der Waals surface area contributed by atoms with E-state index < -0.39 is 0 Å². The summed E-state index contributed by atoms with van der Waals surface area (Å²) < 4.78 is 5.58. The van der Waals surface area contributed by atoms with Crippen LogP contribution in [-0.4, -0.2) is 44.2 Å². The fourth-order valence-electron chi connectivity index (χ4n) is 2.70. The maximum Gasteiger partial charge on any atom is 0.122 e. The summed E-state index contributed by atoms with van der Waals surface area (Å²) >= 11 is 0. The lowest BCUT2D eigenvalue weighted by atomic mass is 10.0. The second-order valence-corrected chi connectivity index (χ2v) is 5.41. The first-order chi connectivity index (χ1) is 9.20. The minimum Gasteiger partial charge on any atom is -0.494 e. The minimum atomic E-state index is 0.667. The molecule has 1 fully saturated rings. The Morgan fingerprint density at radius 1 is 1.42 bits per heavy atom. The Hall–Kier alpha value is -1.06. The van der Waals surface area contributed by atoms with E-state index in [0.717, 1.165) is 38.4 Å². The van der Waals surface area contributed by atoms with Crippen molar-refractivity contribution >= 4 is 0 Å². The first kappa shape index (κ1) is 14.4. The van der Waals surface area contributed by atoms with Crippen LogP contribution in [-0.2, 0) is 6.42 Å².